The van der Waals surface area contributed by atoms with Gasteiger partial charge < -0.3 is 15.3 Å². The van der Waals surface area contributed by atoms with Crippen molar-refractivity contribution in [3.8, 4) is 0 Å². The Balaban J connectivity index is 2.05. The van der Waals surface area contributed by atoms with Crippen LogP contribution in [0.2, 0.25) is 0 Å². The van der Waals surface area contributed by atoms with E-state index in [0.717, 1.165) is 0 Å². The first-order valence-electron chi connectivity index (χ1n) is 6.72. The first-order valence-corrected chi connectivity index (χ1v) is 6.72. The Morgan fingerprint density at radius 3 is 2.52 bits per heavy atom. The highest BCUT2D eigenvalue weighted by atomic mass is 16.4. The van der Waals surface area contributed by atoms with Gasteiger partial charge in [-0.25, -0.2) is 9.97 Å². The zero-order valence-electron chi connectivity index (χ0n) is 12.7. The Labute approximate surface area is 123 Å². The maximum atomic E-state index is 12.2. The van der Waals surface area contributed by atoms with Gasteiger partial charge in [-0.05, 0) is 17.9 Å². The summed E-state index contributed by atoms with van der Waals surface area (Å²) in [6, 6.07) is 1.69. The monoisotopic (exact) mass is 292 g/mol. The summed E-state index contributed by atoms with van der Waals surface area (Å²) in [5.41, 5.74) is -1.19. The lowest BCUT2D eigenvalue weighted by atomic mass is 9.95. The third-order valence-corrected chi connectivity index (χ3v) is 4.02. The van der Waals surface area contributed by atoms with Crippen molar-refractivity contribution >= 4 is 17.8 Å². The molecule has 0 aromatic carbocycles. The van der Waals surface area contributed by atoms with Gasteiger partial charge in [0.15, 0.2) is 5.41 Å². The van der Waals surface area contributed by atoms with Crippen LogP contribution in [-0.2, 0) is 16.1 Å². The molecule has 7 nitrogen and oxygen atoms in total. The van der Waals surface area contributed by atoms with Crippen molar-refractivity contribution in [2.24, 2.45) is 10.8 Å². The maximum Gasteiger partial charge on any atom is 0.319 e. The molecule has 0 aliphatic heterocycles. The van der Waals surface area contributed by atoms with Crippen LogP contribution in [0.1, 0.15) is 26.0 Å². The largest absolute Gasteiger partial charge is 0.480 e. The van der Waals surface area contributed by atoms with E-state index < -0.39 is 22.7 Å². The van der Waals surface area contributed by atoms with Gasteiger partial charge in [-0.1, -0.05) is 13.8 Å². The fraction of sp³-hybridized carbons (Fsp3) is 0.571. The number of aromatic nitrogens is 2. The highest BCUT2D eigenvalue weighted by molar-refractivity contribution is 6.06. The minimum Gasteiger partial charge on any atom is -0.480 e. The molecular weight excluding hydrogens is 272 g/mol. The van der Waals surface area contributed by atoms with Gasteiger partial charge in [-0.3, -0.25) is 9.59 Å². The molecule has 1 atom stereocenters. The van der Waals surface area contributed by atoms with Crippen LogP contribution in [0.15, 0.2) is 12.3 Å². The van der Waals surface area contributed by atoms with Gasteiger partial charge in [0.2, 0.25) is 11.9 Å². The molecule has 1 fully saturated rings. The average Bonchev–Trinajstić information content (AvgIpc) is 3.01. The third-order valence-electron chi connectivity index (χ3n) is 4.02. The van der Waals surface area contributed by atoms with Crippen molar-refractivity contribution in [2.45, 2.75) is 26.8 Å². The Hall–Kier alpha value is -2.18. The maximum absolute atomic E-state index is 12.2. The van der Waals surface area contributed by atoms with Gasteiger partial charge in [0.05, 0.1) is 12.2 Å². The summed E-state index contributed by atoms with van der Waals surface area (Å²) in [6.45, 7) is 3.76. The van der Waals surface area contributed by atoms with Gasteiger partial charge in [-0.2, -0.15) is 0 Å². The number of amides is 1. The van der Waals surface area contributed by atoms with E-state index in [4.69, 9.17) is 0 Å². The first-order chi connectivity index (χ1) is 9.70. The lowest BCUT2D eigenvalue weighted by Gasteiger charge is -2.16. The summed E-state index contributed by atoms with van der Waals surface area (Å²) in [4.78, 5) is 33.8. The Morgan fingerprint density at radius 1 is 1.43 bits per heavy atom. The fourth-order valence-corrected chi connectivity index (χ4v) is 2.49. The Bertz CT molecular complexity index is 585. The number of hydrogen-bond acceptors (Lipinski definition) is 5. The van der Waals surface area contributed by atoms with E-state index in [1.165, 1.54) is 0 Å². The number of carboxylic acid groups (broad SMARTS) is 1. The average molecular weight is 292 g/mol. The number of nitrogens with zero attached hydrogens (tertiary/aromatic N) is 3. The topological polar surface area (TPSA) is 95.4 Å². The highest BCUT2D eigenvalue weighted by Crippen LogP contribution is 2.63. The minimum absolute atomic E-state index is 0.188. The number of nitrogens with one attached hydrogen (secondary N) is 1. The van der Waals surface area contributed by atoms with E-state index in [-0.39, 0.29) is 6.54 Å². The second-order valence-electron chi connectivity index (χ2n) is 6.20. The standard InChI is InChI=1S/C14H20N4O3/c1-13(2)8-14(13,11(20)21)10(19)16-7-9-5-6-15-12(17-9)18(3)4/h5-6H,7-8H2,1-4H3,(H,16,19)(H,20,21). The number of rotatable bonds is 5. The number of hydrogen-bond donors (Lipinski definition) is 2. The van der Waals surface area contributed by atoms with Crippen LogP contribution >= 0.6 is 0 Å². The van der Waals surface area contributed by atoms with Gasteiger partial charge in [0.1, 0.15) is 0 Å². The number of anilines is 1. The quantitative estimate of drug-likeness (QED) is 0.774. The summed E-state index contributed by atoms with van der Waals surface area (Å²) in [5.74, 6) is -0.979. The molecule has 21 heavy (non-hydrogen) atoms. The van der Waals surface area contributed by atoms with E-state index >= 15 is 0 Å². The van der Waals surface area contributed by atoms with E-state index in [1.807, 2.05) is 14.1 Å². The molecule has 2 rings (SSSR count). The molecule has 0 radical (unpaired) electrons. The van der Waals surface area contributed by atoms with Crippen molar-refractivity contribution in [3.63, 3.8) is 0 Å². The van der Waals surface area contributed by atoms with E-state index in [1.54, 1.807) is 31.0 Å². The van der Waals surface area contributed by atoms with Crippen LogP contribution in [0.5, 0.6) is 0 Å². The molecule has 1 saturated carbocycles. The number of carbonyl (C=O) groups is 2. The lowest BCUT2D eigenvalue weighted by Crippen LogP contribution is -2.39. The van der Waals surface area contributed by atoms with Crippen molar-refractivity contribution in [3.05, 3.63) is 18.0 Å². The molecule has 1 aliphatic rings. The van der Waals surface area contributed by atoms with Gasteiger partial charge in [0, 0.05) is 20.3 Å². The molecule has 1 amide bonds. The first kappa shape index (κ1) is 15.2. The molecule has 1 aliphatic carbocycles. The van der Waals surface area contributed by atoms with Crippen LogP contribution < -0.4 is 10.2 Å². The van der Waals surface area contributed by atoms with Crippen molar-refractivity contribution in [1.82, 2.24) is 15.3 Å². The Kier molecular flexibility index (Phi) is 3.61. The summed E-state index contributed by atoms with van der Waals surface area (Å²) < 4.78 is 0. The predicted octanol–water partition coefficient (Wildman–Crippen LogP) is 0.660. The molecule has 2 N–H and O–H groups in total. The molecule has 1 unspecified atom stereocenters. The molecular formula is C14H20N4O3. The number of carbonyl (C=O) groups excluding carboxylic acids is 1. The number of aliphatic carboxylic acids is 1. The van der Waals surface area contributed by atoms with Crippen molar-refractivity contribution in [1.29, 1.82) is 0 Å². The van der Waals surface area contributed by atoms with Crippen LogP contribution in [0, 0.1) is 10.8 Å². The van der Waals surface area contributed by atoms with Gasteiger partial charge in [-0.15, -0.1) is 0 Å². The normalized spacial score (nSPS) is 22.5. The molecule has 1 aromatic rings. The number of carboxylic acids is 1. The van der Waals surface area contributed by atoms with E-state index in [2.05, 4.69) is 15.3 Å². The van der Waals surface area contributed by atoms with E-state index in [9.17, 15) is 14.7 Å². The second-order valence-corrected chi connectivity index (χ2v) is 6.20. The Morgan fingerprint density at radius 2 is 2.05 bits per heavy atom. The van der Waals surface area contributed by atoms with Gasteiger partial charge in [0.25, 0.3) is 0 Å². The molecule has 1 heterocycles. The fourth-order valence-electron chi connectivity index (χ4n) is 2.49. The molecule has 1 aromatic heterocycles. The van der Waals surface area contributed by atoms with Crippen LogP contribution in [-0.4, -0.2) is 41.0 Å². The molecule has 0 saturated heterocycles. The highest BCUT2D eigenvalue weighted by Gasteiger charge is 2.71. The lowest BCUT2D eigenvalue weighted by molar-refractivity contribution is -0.150. The zero-order valence-corrected chi connectivity index (χ0v) is 12.7. The summed E-state index contributed by atoms with van der Waals surface area (Å²) >= 11 is 0. The predicted molar refractivity (Wildman–Crippen MR) is 76.7 cm³/mol. The van der Waals surface area contributed by atoms with Crippen molar-refractivity contribution in [2.75, 3.05) is 19.0 Å². The SMILES string of the molecule is CN(C)c1nccc(CNC(=O)C2(C(=O)O)CC2(C)C)n1. The molecule has 7 heteroatoms. The van der Waals surface area contributed by atoms with Gasteiger partial charge >= 0.3 is 5.97 Å². The third kappa shape index (κ3) is 2.55. The summed E-state index contributed by atoms with van der Waals surface area (Å²) in [5, 5.41) is 12.0. The van der Waals surface area contributed by atoms with Crippen molar-refractivity contribution < 1.29 is 14.7 Å². The summed E-state index contributed by atoms with van der Waals surface area (Å²) in [7, 11) is 3.65. The zero-order chi connectivity index (χ0) is 15.8. The smallest absolute Gasteiger partial charge is 0.319 e. The molecule has 114 valence electrons. The van der Waals surface area contributed by atoms with Crippen LogP contribution in [0.4, 0.5) is 5.95 Å². The molecule has 0 bridgehead atoms. The summed E-state index contributed by atoms with van der Waals surface area (Å²) in [6.07, 6.45) is 1.96. The minimum atomic E-state index is -1.32. The van der Waals surface area contributed by atoms with Crippen LogP contribution in [0.3, 0.4) is 0 Å². The van der Waals surface area contributed by atoms with Crippen LogP contribution in [0.25, 0.3) is 0 Å². The van der Waals surface area contributed by atoms with E-state index in [0.29, 0.717) is 18.1 Å². The molecule has 0 spiro atoms. The second kappa shape index (κ2) is 4.98.